The van der Waals surface area contributed by atoms with E-state index in [-0.39, 0.29) is 0 Å². The second kappa shape index (κ2) is 3.12. The van der Waals surface area contributed by atoms with Crippen molar-refractivity contribution in [2.45, 2.75) is 19.0 Å². The van der Waals surface area contributed by atoms with Gasteiger partial charge in [0.1, 0.15) is 0 Å². The van der Waals surface area contributed by atoms with Crippen LogP contribution in [-0.2, 0) is 7.05 Å². The first-order valence-corrected chi connectivity index (χ1v) is 4.65. The lowest BCUT2D eigenvalue weighted by Gasteiger charge is -2.40. The minimum atomic E-state index is 0.374. The predicted octanol–water partition coefficient (Wildman–Crippen LogP) is 0.124. The van der Waals surface area contributed by atoms with Crippen molar-refractivity contribution >= 4 is 0 Å². The summed E-state index contributed by atoms with van der Waals surface area (Å²) in [6.07, 6.45) is 3.99. The van der Waals surface area contributed by atoms with E-state index in [9.17, 15) is 0 Å². The standard InChI is InChI=1S/C9H16N4/c1-7(13-5-9(10)6-13)8-3-11-12(2)4-8/h3-4,7,9H,5-6,10H2,1-2H3. The van der Waals surface area contributed by atoms with Gasteiger partial charge in [-0.15, -0.1) is 0 Å². The summed E-state index contributed by atoms with van der Waals surface area (Å²) >= 11 is 0. The van der Waals surface area contributed by atoms with E-state index in [1.807, 2.05) is 17.9 Å². The Hall–Kier alpha value is -0.870. The van der Waals surface area contributed by atoms with Gasteiger partial charge in [-0.1, -0.05) is 0 Å². The summed E-state index contributed by atoms with van der Waals surface area (Å²) < 4.78 is 1.84. The minimum absolute atomic E-state index is 0.374. The molecule has 1 aliphatic rings. The van der Waals surface area contributed by atoms with Crippen molar-refractivity contribution < 1.29 is 0 Å². The van der Waals surface area contributed by atoms with Crippen molar-refractivity contribution in [3.05, 3.63) is 18.0 Å². The molecule has 1 aromatic rings. The van der Waals surface area contributed by atoms with Gasteiger partial charge in [-0.2, -0.15) is 5.10 Å². The molecule has 1 saturated heterocycles. The quantitative estimate of drug-likeness (QED) is 0.703. The number of aromatic nitrogens is 2. The third-order valence-corrected chi connectivity index (χ3v) is 2.69. The molecule has 2 heterocycles. The van der Waals surface area contributed by atoms with Crippen molar-refractivity contribution in [2.24, 2.45) is 12.8 Å². The van der Waals surface area contributed by atoms with Crippen LogP contribution in [0.3, 0.4) is 0 Å². The lowest BCUT2D eigenvalue weighted by molar-refractivity contribution is 0.103. The van der Waals surface area contributed by atoms with Crippen molar-refractivity contribution in [1.82, 2.24) is 14.7 Å². The summed E-state index contributed by atoms with van der Waals surface area (Å²) in [4.78, 5) is 2.36. The van der Waals surface area contributed by atoms with Gasteiger partial charge in [0.25, 0.3) is 0 Å². The van der Waals surface area contributed by atoms with Gasteiger partial charge >= 0.3 is 0 Å². The average molecular weight is 180 g/mol. The molecule has 2 rings (SSSR count). The molecule has 0 radical (unpaired) electrons. The Kier molecular flexibility index (Phi) is 2.09. The molecular formula is C9H16N4. The first-order valence-electron chi connectivity index (χ1n) is 4.65. The third kappa shape index (κ3) is 1.59. The van der Waals surface area contributed by atoms with Crippen LogP contribution in [0.1, 0.15) is 18.5 Å². The fourth-order valence-electron chi connectivity index (χ4n) is 1.73. The highest BCUT2D eigenvalue weighted by Crippen LogP contribution is 2.23. The summed E-state index contributed by atoms with van der Waals surface area (Å²) in [7, 11) is 1.94. The van der Waals surface area contributed by atoms with Gasteiger partial charge < -0.3 is 5.73 Å². The molecule has 0 aromatic carbocycles. The number of rotatable bonds is 2. The SMILES string of the molecule is CC(c1cnn(C)c1)N1CC(N)C1. The van der Waals surface area contributed by atoms with Crippen molar-refractivity contribution in [1.29, 1.82) is 0 Å². The number of nitrogens with two attached hydrogens (primary N) is 1. The van der Waals surface area contributed by atoms with E-state index in [0.29, 0.717) is 12.1 Å². The number of hydrogen-bond acceptors (Lipinski definition) is 3. The molecule has 0 spiro atoms. The Morgan fingerprint density at radius 3 is 2.77 bits per heavy atom. The highest BCUT2D eigenvalue weighted by atomic mass is 15.3. The lowest BCUT2D eigenvalue weighted by Crippen LogP contribution is -2.56. The van der Waals surface area contributed by atoms with E-state index < -0.39 is 0 Å². The van der Waals surface area contributed by atoms with Gasteiger partial charge in [0.15, 0.2) is 0 Å². The second-order valence-electron chi connectivity index (χ2n) is 3.84. The Morgan fingerprint density at radius 2 is 2.31 bits per heavy atom. The van der Waals surface area contributed by atoms with E-state index in [2.05, 4.69) is 23.1 Å². The van der Waals surface area contributed by atoms with Gasteiger partial charge in [0.05, 0.1) is 6.20 Å². The van der Waals surface area contributed by atoms with Crippen LogP contribution in [-0.4, -0.2) is 33.8 Å². The van der Waals surface area contributed by atoms with E-state index in [4.69, 9.17) is 5.73 Å². The van der Waals surface area contributed by atoms with Crippen LogP contribution in [0, 0.1) is 0 Å². The largest absolute Gasteiger partial charge is 0.325 e. The maximum atomic E-state index is 5.73. The van der Waals surface area contributed by atoms with Gasteiger partial charge in [-0.25, -0.2) is 0 Å². The maximum absolute atomic E-state index is 5.73. The van der Waals surface area contributed by atoms with Gasteiger partial charge in [-0.3, -0.25) is 9.58 Å². The molecule has 1 atom stereocenters. The van der Waals surface area contributed by atoms with Crippen molar-refractivity contribution in [2.75, 3.05) is 13.1 Å². The molecule has 2 N–H and O–H groups in total. The van der Waals surface area contributed by atoms with Gasteiger partial charge in [0, 0.05) is 44.0 Å². The average Bonchev–Trinajstić information content (AvgIpc) is 2.45. The van der Waals surface area contributed by atoms with Crippen LogP contribution in [0.2, 0.25) is 0 Å². The monoisotopic (exact) mass is 180 g/mol. The normalized spacial score (nSPS) is 21.5. The predicted molar refractivity (Wildman–Crippen MR) is 51.2 cm³/mol. The van der Waals surface area contributed by atoms with E-state index >= 15 is 0 Å². The van der Waals surface area contributed by atoms with Crippen molar-refractivity contribution in [3.8, 4) is 0 Å². The zero-order valence-corrected chi connectivity index (χ0v) is 8.14. The molecule has 4 heteroatoms. The summed E-state index contributed by atoms with van der Waals surface area (Å²) in [5.41, 5.74) is 7.00. The highest BCUT2D eigenvalue weighted by molar-refractivity contribution is 5.11. The zero-order valence-electron chi connectivity index (χ0n) is 8.14. The second-order valence-corrected chi connectivity index (χ2v) is 3.84. The summed E-state index contributed by atoms with van der Waals surface area (Å²) in [6, 6.07) is 0.827. The van der Waals surface area contributed by atoms with Crippen LogP contribution in [0.25, 0.3) is 0 Å². The summed E-state index contributed by atoms with van der Waals surface area (Å²) in [5.74, 6) is 0. The Morgan fingerprint density at radius 1 is 1.62 bits per heavy atom. The first-order chi connectivity index (χ1) is 6.16. The topological polar surface area (TPSA) is 47.1 Å². The molecule has 1 fully saturated rings. The Bertz CT molecular complexity index is 288. The maximum Gasteiger partial charge on any atom is 0.0537 e. The van der Waals surface area contributed by atoms with Gasteiger partial charge in [0.2, 0.25) is 0 Å². The van der Waals surface area contributed by atoms with Crippen LogP contribution in [0.15, 0.2) is 12.4 Å². The van der Waals surface area contributed by atoms with Crippen LogP contribution in [0.4, 0.5) is 0 Å². The van der Waals surface area contributed by atoms with E-state index in [1.54, 1.807) is 0 Å². The minimum Gasteiger partial charge on any atom is -0.325 e. The Labute approximate surface area is 78.3 Å². The molecule has 0 saturated carbocycles. The molecule has 0 aliphatic carbocycles. The summed E-state index contributed by atoms with van der Waals surface area (Å²) in [5, 5.41) is 4.16. The highest BCUT2D eigenvalue weighted by Gasteiger charge is 2.28. The number of aryl methyl sites for hydroxylation is 1. The number of hydrogen-bond donors (Lipinski definition) is 1. The zero-order chi connectivity index (χ0) is 9.42. The Balaban J connectivity index is 2.01. The fourth-order valence-corrected chi connectivity index (χ4v) is 1.73. The lowest BCUT2D eigenvalue weighted by atomic mass is 10.0. The molecule has 1 unspecified atom stereocenters. The first kappa shape index (κ1) is 8.72. The smallest absolute Gasteiger partial charge is 0.0537 e. The molecule has 0 bridgehead atoms. The number of nitrogens with zero attached hydrogens (tertiary/aromatic N) is 3. The molecule has 4 nitrogen and oxygen atoms in total. The molecule has 13 heavy (non-hydrogen) atoms. The molecule has 0 amide bonds. The molecule has 1 aliphatic heterocycles. The van der Waals surface area contributed by atoms with Crippen LogP contribution in [0.5, 0.6) is 0 Å². The number of likely N-dealkylation sites (tertiary alicyclic amines) is 1. The van der Waals surface area contributed by atoms with Gasteiger partial charge in [-0.05, 0) is 6.92 Å². The molecular weight excluding hydrogens is 164 g/mol. The van der Waals surface area contributed by atoms with E-state index in [1.165, 1.54) is 5.56 Å². The third-order valence-electron chi connectivity index (χ3n) is 2.69. The molecule has 72 valence electrons. The summed E-state index contributed by atoms with van der Waals surface area (Å²) in [6.45, 7) is 4.22. The van der Waals surface area contributed by atoms with Crippen LogP contribution >= 0.6 is 0 Å². The fraction of sp³-hybridized carbons (Fsp3) is 0.667. The van der Waals surface area contributed by atoms with E-state index in [0.717, 1.165) is 13.1 Å². The molecule has 1 aromatic heterocycles. The van der Waals surface area contributed by atoms with Crippen molar-refractivity contribution in [3.63, 3.8) is 0 Å². The van der Waals surface area contributed by atoms with Crippen LogP contribution < -0.4 is 5.73 Å².